The Kier molecular flexibility index (Phi) is 7.41. The van der Waals surface area contributed by atoms with Crippen LogP contribution in [0.5, 0.6) is 0 Å². The molecule has 0 aliphatic carbocycles. The Morgan fingerprint density at radius 2 is 0.982 bits per heavy atom. The lowest BCUT2D eigenvalue weighted by molar-refractivity contribution is 0.666. The Labute approximate surface area is 319 Å². The minimum absolute atomic E-state index is 0.266. The fourth-order valence-corrected chi connectivity index (χ4v) is 9.08. The lowest BCUT2D eigenvalue weighted by Gasteiger charge is -2.22. The second-order valence-electron chi connectivity index (χ2n) is 14.8. The lowest BCUT2D eigenvalue weighted by atomic mass is 9.82. The second-order valence-corrected chi connectivity index (χ2v) is 14.8. The number of hydrogen-bond acceptors (Lipinski definition) is 1. The van der Waals surface area contributed by atoms with Crippen molar-refractivity contribution in [1.82, 2.24) is 4.57 Å². The number of hydrogen-bond donors (Lipinski definition) is 0. The highest BCUT2D eigenvalue weighted by Gasteiger charge is 2.20. The predicted molar refractivity (Wildman–Crippen MR) is 232 cm³/mol. The maximum Gasteiger partial charge on any atom is 0.159 e. The van der Waals surface area contributed by atoms with E-state index in [2.05, 4.69) is 193 Å². The molecule has 0 saturated carbocycles. The number of nitrogens with zero attached hydrogens (tertiary/aromatic N) is 1. The van der Waals surface area contributed by atoms with Crippen LogP contribution in [0.25, 0.3) is 82.1 Å². The zero-order chi connectivity index (χ0) is 36.3. The number of furan rings is 1. The molecular weight excluding hydrogens is 667 g/mol. The molecule has 55 heavy (non-hydrogen) atoms. The molecule has 0 unspecified atom stereocenters. The third-order valence-corrected chi connectivity index (χ3v) is 11.7. The standard InChI is InChI=1S/C53H37NO/c1-3-16-40-37(12-1)14-9-20-42(40)44(43-21-10-15-38-13-2-4-17-41(38)43)32-28-35-26-29-36(30-27-35)39-31-33-50-48(34-39)45-18-5-7-23-49(45)54(50)51-24-11-22-47-46-19-6-8-25-52(46)55-53(47)51/h1-27,29-31,33-34,44H,28,32H2. The van der Waals surface area contributed by atoms with Crippen LogP contribution < -0.4 is 0 Å². The van der Waals surface area contributed by atoms with Gasteiger partial charge in [-0.3, -0.25) is 0 Å². The fraction of sp³-hybridized carbons (Fsp3) is 0.0566. The molecule has 0 aliphatic rings. The van der Waals surface area contributed by atoms with Gasteiger partial charge in [0.15, 0.2) is 5.58 Å². The molecule has 0 spiro atoms. The van der Waals surface area contributed by atoms with Gasteiger partial charge in [0.1, 0.15) is 5.58 Å². The van der Waals surface area contributed by atoms with Crippen molar-refractivity contribution in [2.45, 2.75) is 18.8 Å². The predicted octanol–water partition coefficient (Wildman–Crippen LogP) is 14.4. The molecule has 0 radical (unpaired) electrons. The molecule has 0 amide bonds. The number of aromatic nitrogens is 1. The van der Waals surface area contributed by atoms with Crippen molar-refractivity contribution in [2.24, 2.45) is 0 Å². The van der Waals surface area contributed by atoms with Gasteiger partial charge in [0.2, 0.25) is 0 Å². The summed E-state index contributed by atoms with van der Waals surface area (Å²) in [5.74, 6) is 0.266. The number of aryl methyl sites for hydroxylation is 1. The smallest absolute Gasteiger partial charge is 0.159 e. The monoisotopic (exact) mass is 703 g/mol. The average Bonchev–Trinajstić information content (AvgIpc) is 3.80. The van der Waals surface area contributed by atoms with E-state index in [1.54, 1.807) is 0 Å². The summed E-state index contributed by atoms with van der Waals surface area (Å²) in [4.78, 5) is 0. The number of benzene rings is 9. The Morgan fingerprint density at radius 3 is 1.73 bits per heavy atom. The van der Waals surface area contributed by atoms with Crippen LogP contribution in [0.1, 0.15) is 29.0 Å². The van der Waals surface area contributed by atoms with Gasteiger partial charge in [-0.1, -0.05) is 164 Å². The molecule has 0 saturated heterocycles. The molecule has 0 N–H and O–H groups in total. The van der Waals surface area contributed by atoms with E-state index in [9.17, 15) is 0 Å². The normalized spacial score (nSPS) is 11.9. The van der Waals surface area contributed by atoms with E-state index in [0.717, 1.165) is 40.5 Å². The van der Waals surface area contributed by atoms with Gasteiger partial charge < -0.3 is 8.98 Å². The lowest BCUT2D eigenvalue weighted by Crippen LogP contribution is -2.05. The summed E-state index contributed by atoms with van der Waals surface area (Å²) in [7, 11) is 0. The fourth-order valence-electron chi connectivity index (χ4n) is 9.08. The SMILES string of the molecule is c1ccc2c(C(CCc3ccc(-c4ccc5c(c4)c4ccccc4n5-c4cccc5c4oc4ccccc45)cc3)c3cccc4ccccc34)cccc2c1. The third kappa shape index (κ3) is 5.25. The zero-order valence-electron chi connectivity index (χ0n) is 30.3. The van der Waals surface area contributed by atoms with E-state index < -0.39 is 0 Å². The minimum atomic E-state index is 0.266. The highest BCUT2D eigenvalue weighted by molar-refractivity contribution is 6.13. The molecule has 0 aliphatic heterocycles. The van der Waals surface area contributed by atoms with Crippen molar-refractivity contribution in [3.63, 3.8) is 0 Å². The molecule has 2 nitrogen and oxygen atoms in total. The van der Waals surface area contributed by atoms with E-state index in [1.165, 1.54) is 71.2 Å². The first-order chi connectivity index (χ1) is 27.3. The van der Waals surface area contributed by atoms with Gasteiger partial charge in [0, 0.05) is 27.5 Å². The summed E-state index contributed by atoms with van der Waals surface area (Å²) in [6, 6.07) is 70.9. The van der Waals surface area contributed by atoms with Crippen LogP contribution in [0.2, 0.25) is 0 Å². The van der Waals surface area contributed by atoms with Crippen LogP contribution in [0, 0.1) is 0 Å². The zero-order valence-corrected chi connectivity index (χ0v) is 30.3. The first-order valence-electron chi connectivity index (χ1n) is 19.3. The molecule has 0 bridgehead atoms. The molecule has 11 rings (SSSR count). The average molecular weight is 704 g/mol. The summed E-state index contributed by atoms with van der Waals surface area (Å²) in [6.07, 6.45) is 2.00. The van der Waals surface area contributed by atoms with E-state index in [1.807, 2.05) is 6.07 Å². The Hall–Kier alpha value is -6.90. The van der Waals surface area contributed by atoms with Crippen LogP contribution in [-0.2, 0) is 6.42 Å². The molecule has 11 aromatic rings. The molecular formula is C53H37NO. The topological polar surface area (TPSA) is 18.1 Å². The van der Waals surface area contributed by atoms with E-state index in [-0.39, 0.29) is 5.92 Å². The Balaban J connectivity index is 0.949. The largest absolute Gasteiger partial charge is 0.454 e. The highest BCUT2D eigenvalue weighted by atomic mass is 16.3. The molecule has 2 heteroatoms. The highest BCUT2D eigenvalue weighted by Crippen LogP contribution is 2.40. The molecule has 0 fully saturated rings. The van der Waals surface area contributed by atoms with Crippen molar-refractivity contribution in [3.05, 3.63) is 211 Å². The van der Waals surface area contributed by atoms with E-state index in [0.29, 0.717) is 0 Å². The first kappa shape index (κ1) is 31.6. The second kappa shape index (κ2) is 12.9. The van der Waals surface area contributed by atoms with E-state index >= 15 is 0 Å². The molecule has 260 valence electrons. The van der Waals surface area contributed by atoms with Gasteiger partial charge >= 0.3 is 0 Å². The Morgan fingerprint density at radius 1 is 0.418 bits per heavy atom. The number of rotatable bonds is 7. The summed E-state index contributed by atoms with van der Waals surface area (Å²) >= 11 is 0. The maximum atomic E-state index is 6.51. The quantitative estimate of drug-likeness (QED) is 0.162. The van der Waals surface area contributed by atoms with Crippen LogP contribution in [0.4, 0.5) is 0 Å². The van der Waals surface area contributed by atoms with Gasteiger partial charge in [0.05, 0.1) is 16.7 Å². The molecule has 2 heterocycles. The number of para-hydroxylation sites is 3. The van der Waals surface area contributed by atoms with Gasteiger partial charge in [-0.2, -0.15) is 0 Å². The summed E-state index contributed by atoms with van der Waals surface area (Å²) in [5, 5.41) is 10.0. The van der Waals surface area contributed by atoms with E-state index in [4.69, 9.17) is 4.42 Å². The van der Waals surface area contributed by atoms with Crippen LogP contribution in [-0.4, -0.2) is 4.57 Å². The van der Waals surface area contributed by atoms with Crippen molar-refractivity contribution in [1.29, 1.82) is 0 Å². The molecule has 0 atom stereocenters. The molecule has 2 aromatic heterocycles. The van der Waals surface area contributed by atoms with Gasteiger partial charge in [0.25, 0.3) is 0 Å². The molecule has 9 aromatic carbocycles. The van der Waals surface area contributed by atoms with Crippen molar-refractivity contribution in [2.75, 3.05) is 0 Å². The maximum absolute atomic E-state index is 6.51. The van der Waals surface area contributed by atoms with Crippen LogP contribution >= 0.6 is 0 Å². The van der Waals surface area contributed by atoms with Crippen LogP contribution in [0.3, 0.4) is 0 Å². The number of fused-ring (bicyclic) bond motifs is 8. The Bertz CT molecular complexity index is 3130. The van der Waals surface area contributed by atoms with Crippen molar-refractivity contribution < 1.29 is 4.42 Å². The van der Waals surface area contributed by atoms with Crippen molar-refractivity contribution >= 4 is 65.3 Å². The minimum Gasteiger partial charge on any atom is -0.454 e. The van der Waals surface area contributed by atoms with Crippen molar-refractivity contribution in [3.8, 4) is 16.8 Å². The van der Waals surface area contributed by atoms with Gasteiger partial charge in [-0.15, -0.1) is 0 Å². The van der Waals surface area contributed by atoms with Crippen LogP contribution in [0.15, 0.2) is 199 Å². The summed E-state index contributed by atoms with van der Waals surface area (Å²) < 4.78 is 8.88. The summed E-state index contributed by atoms with van der Waals surface area (Å²) in [5.41, 5.74) is 11.8. The van der Waals surface area contributed by atoms with Gasteiger partial charge in [-0.25, -0.2) is 0 Å². The summed E-state index contributed by atoms with van der Waals surface area (Å²) in [6.45, 7) is 0. The third-order valence-electron chi connectivity index (χ3n) is 11.7. The van der Waals surface area contributed by atoms with Gasteiger partial charge in [-0.05, 0) is 92.5 Å². The first-order valence-corrected chi connectivity index (χ1v) is 19.3.